The lowest BCUT2D eigenvalue weighted by Gasteiger charge is -2.18. The van der Waals surface area contributed by atoms with Crippen LogP contribution in [0.25, 0.3) is 0 Å². The molecule has 1 atom stereocenters. The quantitative estimate of drug-likeness (QED) is 0.584. The van der Waals surface area contributed by atoms with Crippen molar-refractivity contribution in [1.82, 2.24) is 5.32 Å². The molecule has 0 spiro atoms. The van der Waals surface area contributed by atoms with Crippen LogP contribution in [-0.2, 0) is 19.1 Å². The zero-order valence-electron chi connectivity index (χ0n) is 12.7. The van der Waals surface area contributed by atoms with E-state index in [0.29, 0.717) is 6.42 Å². The van der Waals surface area contributed by atoms with Crippen molar-refractivity contribution in [2.24, 2.45) is 21.1 Å². The smallest absolute Gasteiger partial charge is 0.328 e. The van der Waals surface area contributed by atoms with Gasteiger partial charge in [0.15, 0.2) is 0 Å². The molecule has 0 radical (unpaired) electrons. The van der Waals surface area contributed by atoms with Crippen molar-refractivity contribution in [3.05, 3.63) is 12.3 Å². The van der Waals surface area contributed by atoms with E-state index in [4.69, 9.17) is 0 Å². The Labute approximate surface area is 132 Å². The van der Waals surface area contributed by atoms with Gasteiger partial charge < -0.3 is 10.1 Å². The lowest BCUT2D eigenvalue weighted by molar-refractivity contribution is -0.145. The highest BCUT2D eigenvalue weighted by atomic mass is 32.2. The maximum atomic E-state index is 11.9. The summed E-state index contributed by atoms with van der Waals surface area (Å²) in [5, 5.41) is 9.88. The molecule has 8 nitrogen and oxygen atoms in total. The third kappa shape index (κ3) is 5.76. The van der Waals surface area contributed by atoms with E-state index in [-0.39, 0.29) is 28.4 Å². The van der Waals surface area contributed by atoms with E-state index >= 15 is 0 Å². The van der Waals surface area contributed by atoms with E-state index < -0.39 is 17.9 Å². The first-order chi connectivity index (χ1) is 10.3. The molecule has 2 amide bonds. The lowest BCUT2D eigenvalue weighted by Crippen LogP contribution is -2.43. The van der Waals surface area contributed by atoms with Gasteiger partial charge >= 0.3 is 5.97 Å². The van der Waals surface area contributed by atoms with E-state index in [1.165, 1.54) is 7.11 Å². The number of methoxy groups -OCH3 is 1. The number of amides is 2. The Kier molecular flexibility index (Phi) is 6.90. The average molecular weight is 326 g/mol. The molecule has 0 aromatic heterocycles. The predicted octanol–water partition coefficient (Wildman–Crippen LogP) is 1.29. The highest BCUT2D eigenvalue weighted by molar-refractivity contribution is 8.14. The summed E-state index contributed by atoms with van der Waals surface area (Å²) < 4.78 is 4.66. The zero-order chi connectivity index (χ0) is 16.7. The fourth-order valence-corrected chi connectivity index (χ4v) is 2.16. The molecule has 0 fully saturated rings. The summed E-state index contributed by atoms with van der Waals surface area (Å²) in [6.07, 6.45) is 0.474. The number of carbonyl (C=O) groups is 3. The number of nitrogens with zero attached hydrogens (tertiary/aromatic N) is 3. The summed E-state index contributed by atoms with van der Waals surface area (Å²) in [6, 6.07) is -0.700. The summed E-state index contributed by atoms with van der Waals surface area (Å²) in [6.45, 7) is 7.24. The molecular weight excluding hydrogens is 308 g/mol. The summed E-state index contributed by atoms with van der Waals surface area (Å²) in [5.41, 5.74) is -0.0449. The van der Waals surface area contributed by atoms with Crippen LogP contribution >= 0.6 is 11.8 Å². The fourth-order valence-electron chi connectivity index (χ4n) is 1.57. The van der Waals surface area contributed by atoms with Crippen LogP contribution in [0.5, 0.6) is 0 Å². The second kappa shape index (κ2) is 8.42. The van der Waals surface area contributed by atoms with E-state index in [1.807, 2.05) is 13.8 Å². The van der Waals surface area contributed by atoms with Crippen molar-refractivity contribution in [1.29, 1.82) is 0 Å². The zero-order valence-corrected chi connectivity index (χ0v) is 13.5. The second-order valence-corrected chi connectivity index (χ2v) is 5.85. The van der Waals surface area contributed by atoms with E-state index in [1.54, 1.807) is 0 Å². The summed E-state index contributed by atoms with van der Waals surface area (Å²) in [5.74, 6) is -1.27. The Morgan fingerprint density at radius 2 is 2.05 bits per heavy atom. The Hall–Kier alpha value is -2.03. The first-order valence-electron chi connectivity index (χ1n) is 6.57. The molecule has 0 aliphatic carbocycles. The van der Waals surface area contributed by atoms with Gasteiger partial charge in [0.25, 0.3) is 5.91 Å². The minimum Gasteiger partial charge on any atom is -0.467 e. The minimum atomic E-state index is -0.700. The monoisotopic (exact) mass is 326 g/mol. The Bertz CT molecular complexity index is 542. The van der Waals surface area contributed by atoms with Gasteiger partial charge in [0, 0.05) is 0 Å². The number of nitrogens with one attached hydrogen (secondary N) is 1. The number of ether oxygens (including phenoxy) is 1. The molecule has 0 saturated heterocycles. The first kappa shape index (κ1) is 18.0. The molecule has 120 valence electrons. The van der Waals surface area contributed by atoms with Crippen LogP contribution in [0.2, 0.25) is 0 Å². The number of hydrogen-bond donors (Lipinski definition) is 1. The Balaban J connectivity index is 2.52. The third-order valence-corrected chi connectivity index (χ3v) is 3.40. The summed E-state index contributed by atoms with van der Waals surface area (Å²) >= 11 is 0.955. The van der Waals surface area contributed by atoms with Gasteiger partial charge in [-0.05, 0) is 12.3 Å². The van der Waals surface area contributed by atoms with Crippen molar-refractivity contribution in [2.45, 2.75) is 26.3 Å². The predicted molar refractivity (Wildman–Crippen MR) is 82.3 cm³/mol. The van der Waals surface area contributed by atoms with Crippen molar-refractivity contribution < 1.29 is 19.1 Å². The van der Waals surface area contributed by atoms with Gasteiger partial charge in [-0.1, -0.05) is 32.2 Å². The maximum Gasteiger partial charge on any atom is 0.328 e. The van der Waals surface area contributed by atoms with Gasteiger partial charge in [0.1, 0.15) is 11.7 Å². The number of amidine groups is 1. The van der Waals surface area contributed by atoms with Crippen molar-refractivity contribution in [3.63, 3.8) is 0 Å². The molecule has 1 N–H and O–H groups in total. The van der Waals surface area contributed by atoms with Gasteiger partial charge in [-0.15, -0.1) is 10.2 Å². The number of azo groups is 1. The normalized spacial score (nSPS) is 15.5. The van der Waals surface area contributed by atoms with Gasteiger partial charge in [-0.2, -0.15) is 4.99 Å². The molecule has 1 aliphatic rings. The molecular formula is C13H18N4O4S. The number of aliphatic imine (C=N–C) groups is 1. The minimum absolute atomic E-state index is 0.0385. The molecule has 1 aliphatic heterocycles. The molecule has 9 heteroatoms. The number of carbonyl (C=O) groups excluding carboxylic acids is 3. The summed E-state index contributed by atoms with van der Waals surface area (Å²) in [7, 11) is 1.27. The van der Waals surface area contributed by atoms with Crippen LogP contribution in [0.3, 0.4) is 0 Å². The van der Waals surface area contributed by atoms with Crippen LogP contribution in [0.4, 0.5) is 0 Å². The van der Waals surface area contributed by atoms with E-state index in [9.17, 15) is 14.4 Å². The van der Waals surface area contributed by atoms with Crippen LogP contribution in [0.15, 0.2) is 27.5 Å². The summed E-state index contributed by atoms with van der Waals surface area (Å²) in [4.78, 5) is 38.4. The van der Waals surface area contributed by atoms with Crippen LogP contribution in [0.1, 0.15) is 20.3 Å². The highest BCUT2D eigenvalue weighted by Crippen LogP contribution is 2.14. The molecule has 1 unspecified atom stereocenters. The second-order valence-electron chi connectivity index (χ2n) is 4.91. The molecule has 0 aromatic rings. The molecule has 0 bridgehead atoms. The average Bonchev–Trinajstić information content (AvgIpc) is 2.46. The fraction of sp³-hybridized carbons (Fsp3) is 0.538. The topological polar surface area (TPSA) is 110 Å². The van der Waals surface area contributed by atoms with Gasteiger partial charge in [-0.25, -0.2) is 4.79 Å². The van der Waals surface area contributed by atoms with Gasteiger partial charge in [0.05, 0.1) is 12.9 Å². The van der Waals surface area contributed by atoms with E-state index in [0.717, 1.165) is 11.8 Å². The number of rotatable bonds is 6. The third-order valence-electron chi connectivity index (χ3n) is 2.56. The number of esters is 1. The van der Waals surface area contributed by atoms with Crippen LogP contribution in [-0.4, -0.2) is 41.9 Å². The maximum absolute atomic E-state index is 11.9. The van der Waals surface area contributed by atoms with Gasteiger partial charge in [-0.3, -0.25) is 9.59 Å². The highest BCUT2D eigenvalue weighted by Gasteiger charge is 2.23. The largest absolute Gasteiger partial charge is 0.467 e. The standard InChI is InChI=1S/C13H18N4O4S/c1-7(2)5-9(12(20)21-4)14-10(18)6-22-13-15-11(19)8(3)16-17-13/h7,9H,3,5-6H2,1-2,4H3,(H,14,18). The molecule has 0 saturated carbocycles. The molecule has 0 aromatic carbocycles. The van der Waals surface area contributed by atoms with Crippen molar-refractivity contribution in [3.8, 4) is 0 Å². The van der Waals surface area contributed by atoms with E-state index in [2.05, 4.69) is 31.9 Å². The SMILES string of the molecule is C=C1N=NC(SCC(=O)NC(CC(C)C)C(=O)OC)=NC1=O. The van der Waals surface area contributed by atoms with Gasteiger partial charge in [0.2, 0.25) is 11.1 Å². The van der Waals surface area contributed by atoms with Crippen molar-refractivity contribution >= 4 is 34.7 Å². The van der Waals surface area contributed by atoms with Crippen molar-refractivity contribution in [2.75, 3.05) is 12.9 Å². The Morgan fingerprint density at radius 3 is 2.59 bits per heavy atom. The first-order valence-corrected chi connectivity index (χ1v) is 7.55. The number of thioether (sulfide) groups is 1. The molecule has 1 rings (SSSR count). The van der Waals surface area contributed by atoms with Crippen LogP contribution in [0, 0.1) is 5.92 Å². The van der Waals surface area contributed by atoms with Crippen LogP contribution < -0.4 is 5.32 Å². The molecule has 22 heavy (non-hydrogen) atoms. The number of hydrogen-bond acceptors (Lipinski definition) is 7. The Morgan fingerprint density at radius 1 is 1.36 bits per heavy atom. The molecule has 1 heterocycles. The lowest BCUT2D eigenvalue weighted by atomic mass is 10.0.